The number of hydrogen-bond donors (Lipinski definition) is 1. The van der Waals surface area contributed by atoms with Crippen molar-refractivity contribution in [2.24, 2.45) is 0 Å². The number of nitrogens with zero attached hydrogens (tertiary/aromatic N) is 1. The number of halogens is 2. The largest absolute Gasteiger partial charge is 0.449 e. The predicted molar refractivity (Wildman–Crippen MR) is 107 cm³/mol. The molecule has 0 radical (unpaired) electrons. The monoisotopic (exact) mass is 418 g/mol. The molecule has 152 valence electrons. The van der Waals surface area contributed by atoms with Crippen LogP contribution in [0.25, 0.3) is 0 Å². The van der Waals surface area contributed by atoms with Crippen molar-refractivity contribution in [3.63, 3.8) is 0 Å². The zero-order valence-electron chi connectivity index (χ0n) is 16.2. The Labute approximate surface area is 170 Å². The second-order valence-corrected chi connectivity index (χ2v) is 7.64. The van der Waals surface area contributed by atoms with Gasteiger partial charge in [0.25, 0.3) is 5.91 Å². The van der Waals surface area contributed by atoms with Crippen molar-refractivity contribution in [2.45, 2.75) is 33.4 Å². The van der Waals surface area contributed by atoms with Crippen LogP contribution in [-0.4, -0.2) is 22.5 Å². The molecule has 0 aliphatic carbocycles. The van der Waals surface area contributed by atoms with Crippen molar-refractivity contribution >= 4 is 28.9 Å². The van der Waals surface area contributed by atoms with Gasteiger partial charge >= 0.3 is 5.97 Å². The van der Waals surface area contributed by atoms with Crippen LogP contribution in [0.3, 0.4) is 0 Å². The maximum Gasteiger partial charge on any atom is 0.340 e. The first kappa shape index (κ1) is 20.7. The van der Waals surface area contributed by atoms with Gasteiger partial charge < -0.3 is 14.6 Å². The Hall–Kier alpha value is -3.00. The highest BCUT2D eigenvalue weighted by molar-refractivity contribution is 7.09. The van der Waals surface area contributed by atoms with Gasteiger partial charge in [-0.3, -0.25) is 4.79 Å². The lowest BCUT2D eigenvalue weighted by Gasteiger charge is -2.14. The van der Waals surface area contributed by atoms with Gasteiger partial charge in [0.2, 0.25) is 0 Å². The molecule has 2 heterocycles. The standard InChI is InChI=1S/C21H20F2N2O3S/c1-12-9-17(13(2)25(12)11-16-5-4-8-29-16)21(27)28-14(3)20(26)24-19-10-15(22)6-7-18(19)23/h4-10,14H,11H2,1-3H3,(H,24,26)/t14-/m0/s1. The van der Waals surface area contributed by atoms with E-state index in [1.54, 1.807) is 17.4 Å². The number of carbonyl (C=O) groups is 2. The van der Waals surface area contributed by atoms with Crippen molar-refractivity contribution in [3.8, 4) is 0 Å². The number of rotatable bonds is 6. The molecule has 1 N–H and O–H groups in total. The number of ether oxygens (including phenoxy) is 1. The van der Waals surface area contributed by atoms with E-state index >= 15 is 0 Å². The molecule has 5 nitrogen and oxygen atoms in total. The van der Waals surface area contributed by atoms with Crippen LogP contribution in [0.15, 0.2) is 41.8 Å². The van der Waals surface area contributed by atoms with Crippen molar-refractivity contribution < 1.29 is 23.1 Å². The first-order valence-electron chi connectivity index (χ1n) is 8.92. The van der Waals surface area contributed by atoms with Gasteiger partial charge in [0, 0.05) is 22.3 Å². The Morgan fingerprint density at radius 2 is 1.97 bits per heavy atom. The maximum atomic E-state index is 13.7. The zero-order valence-corrected chi connectivity index (χ0v) is 17.0. The lowest BCUT2D eigenvalue weighted by Crippen LogP contribution is -2.30. The second-order valence-electron chi connectivity index (χ2n) is 6.61. The number of esters is 1. The molecule has 0 spiro atoms. The average Bonchev–Trinajstić information content (AvgIpc) is 3.28. The van der Waals surface area contributed by atoms with E-state index in [-0.39, 0.29) is 5.69 Å². The highest BCUT2D eigenvalue weighted by atomic mass is 32.1. The van der Waals surface area contributed by atoms with Crippen LogP contribution in [0.4, 0.5) is 14.5 Å². The number of anilines is 1. The number of benzene rings is 1. The summed E-state index contributed by atoms with van der Waals surface area (Å²) in [5, 5.41) is 4.22. The number of carbonyl (C=O) groups excluding carboxylic acids is 2. The van der Waals surface area contributed by atoms with Gasteiger partial charge in [0.05, 0.1) is 17.8 Å². The Morgan fingerprint density at radius 3 is 2.66 bits per heavy atom. The summed E-state index contributed by atoms with van der Waals surface area (Å²) >= 11 is 1.62. The van der Waals surface area contributed by atoms with Crippen LogP contribution < -0.4 is 5.32 Å². The molecule has 0 aliphatic rings. The summed E-state index contributed by atoms with van der Waals surface area (Å²) in [6.45, 7) is 5.71. The Bertz CT molecular complexity index is 1040. The van der Waals surface area contributed by atoms with E-state index in [2.05, 4.69) is 5.32 Å². The number of nitrogens with one attached hydrogen (secondary N) is 1. The molecule has 0 aliphatic heterocycles. The predicted octanol–water partition coefficient (Wildman–Crippen LogP) is 4.68. The van der Waals surface area contributed by atoms with Gasteiger partial charge in [-0.05, 0) is 50.4 Å². The third-order valence-electron chi connectivity index (χ3n) is 4.53. The van der Waals surface area contributed by atoms with Crippen molar-refractivity contribution in [1.29, 1.82) is 0 Å². The molecule has 2 aromatic heterocycles. The minimum absolute atomic E-state index is 0.313. The number of aryl methyl sites for hydroxylation is 1. The molecule has 0 unspecified atom stereocenters. The normalized spacial score (nSPS) is 11.9. The summed E-state index contributed by atoms with van der Waals surface area (Å²) < 4.78 is 34.2. The fourth-order valence-corrected chi connectivity index (χ4v) is 3.61. The van der Waals surface area contributed by atoms with Crippen molar-refractivity contribution in [2.75, 3.05) is 5.32 Å². The highest BCUT2D eigenvalue weighted by Gasteiger charge is 2.23. The fourth-order valence-electron chi connectivity index (χ4n) is 2.91. The van der Waals surface area contributed by atoms with Crippen LogP contribution in [0.2, 0.25) is 0 Å². The third kappa shape index (κ3) is 4.71. The molecule has 0 saturated carbocycles. The lowest BCUT2D eigenvalue weighted by atomic mass is 10.2. The van der Waals surface area contributed by atoms with E-state index < -0.39 is 29.6 Å². The molecule has 0 fully saturated rings. The number of thiophene rings is 1. The van der Waals surface area contributed by atoms with Crippen LogP contribution >= 0.6 is 11.3 Å². The van der Waals surface area contributed by atoms with Gasteiger partial charge in [-0.2, -0.15) is 0 Å². The van der Waals surface area contributed by atoms with E-state index in [1.807, 2.05) is 35.9 Å². The molecule has 0 saturated heterocycles. The molecular formula is C21H20F2N2O3S. The second kappa shape index (κ2) is 8.57. The summed E-state index contributed by atoms with van der Waals surface area (Å²) in [7, 11) is 0. The lowest BCUT2D eigenvalue weighted by molar-refractivity contribution is -0.123. The third-order valence-corrected chi connectivity index (χ3v) is 5.39. The average molecular weight is 418 g/mol. The summed E-state index contributed by atoms with van der Waals surface area (Å²) in [6.07, 6.45) is -1.19. The van der Waals surface area contributed by atoms with E-state index in [4.69, 9.17) is 4.74 Å². The van der Waals surface area contributed by atoms with Crippen LogP contribution in [0, 0.1) is 25.5 Å². The topological polar surface area (TPSA) is 60.3 Å². The first-order chi connectivity index (χ1) is 13.8. The van der Waals surface area contributed by atoms with Crippen molar-refractivity contribution in [3.05, 3.63) is 75.2 Å². The summed E-state index contributed by atoms with van der Waals surface area (Å²) in [6, 6.07) is 8.40. The van der Waals surface area contributed by atoms with E-state index in [9.17, 15) is 18.4 Å². The molecule has 1 atom stereocenters. The minimum Gasteiger partial charge on any atom is -0.449 e. The van der Waals surface area contributed by atoms with E-state index in [1.165, 1.54) is 6.92 Å². The molecule has 3 aromatic rings. The highest BCUT2D eigenvalue weighted by Crippen LogP contribution is 2.21. The van der Waals surface area contributed by atoms with Crippen LogP contribution in [0.1, 0.15) is 33.5 Å². The number of amides is 1. The molecule has 3 rings (SSSR count). The van der Waals surface area contributed by atoms with Crippen molar-refractivity contribution in [1.82, 2.24) is 4.57 Å². The maximum absolute atomic E-state index is 13.7. The minimum atomic E-state index is -1.19. The quantitative estimate of drug-likeness (QED) is 0.592. The zero-order chi connectivity index (χ0) is 21.1. The molecular weight excluding hydrogens is 398 g/mol. The van der Waals surface area contributed by atoms with Gasteiger partial charge in [-0.25, -0.2) is 13.6 Å². The van der Waals surface area contributed by atoms with Crippen LogP contribution in [0.5, 0.6) is 0 Å². The van der Waals surface area contributed by atoms with Gasteiger partial charge in [-0.15, -0.1) is 11.3 Å². The fraction of sp³-hybridized carbons (Fsp3) is 0.238. The molecule has 1 amide bonds. The summed E-state index contributed by atoms with van der Waals surface area (Å²) in [4.78, 5) is 26.0. The number of hydrogen-bond acceptors (Lipinski definition) is 4. The first-order valence-corrected chi connectivity index (χ1v) is 9.80. The van der Waals surface area contributed by atoms with Crippen LogP contribution in [-0.2, 0) is 16.1 Å². The Kier molecular flexibility index (Phi) is 6.12. The molecule has 8 heteroatoms. The molecule has 1 aromatic carbocycles. The molecule has 29 heavy (non-hydrogen) atoms. The summed E-state index contributed by atoms with van der Waals surface area (Å²) in [5.41, 5.74) is 1.66. The number of aromatic nitrogens is 1. The SMILES string of the molecule is Cc1cc(C(=O)O[C@@H](C)C(=O)Nc2cc(F)ccc2F)c(C)n1Cc1cccs1. The van der Waals surface area contributed by atoms with Gasteiger partial charge in [0.1, 0.15) is 11.6 Å². The van der Waals surface area contributed by atoms with E-state index in [0.717, 1.165) is 34.5 Å². The smallest absolute Gasteiger partial charge is 0.340 e. The van der Waals surface area contributed by atoms with Gasteiger partial charge in [0.15, 0.2) is 6.10 Å². The Balaban J connectivity index is 1.69. The van der Waals surface area contributed by atoms with Gasteiger partial charge in [-0.1, -0.05) is 6.07 Å². The Morgan fingerprint density at radius 1 is 1.21 bits per heavy atom. The molecule has 0 bridgehead atoms. The summed E-state index contributed by atoms with van der Waals surface area (Å²) in [5.74, 6) is -2.88. The van der Waals surface area contributed by atoms with E-state index in [0.29, 0.717) is 12.1 Å².